The highest BCUT2D eigenvalue weighted by molar-refractivity contribution is 5.92. The zero-order chi connectivity index (χ0) is 12.7. The maximum absolute atomic E-state index is 13.6. The first-order valence-corrected chi connectivity index (χ1v) is 5.04. The van der Waals surface area contributed by atoms with E-state index in [4.69, 9.17) is 0 Å². The number of hydrogen-bond donors (Lipinski definition) is 0. The third-order valence-corrected chi connectivity index (χ3v) is 2.53. The van der Waals surface area contributed by atoms with E-state index in [1.807, 2.05) is 0 Å². The summed E-state index contributed by atoms with van der Waals surface area (Å²) in [6.45, 7) is 1.67. The first kappa shape index (κ1) is 11.7. The highest BCUT2D eigenvalue weighted by Gasteiger charge is 2.17. The molecule has 1 aromatic carbocycles. The van der Waals surface area contributed by atoms with Gasteiger partial charge in [0.05, 0.1) is 0 Å². The molecule has 2 aromatic rings. The SMILES string of the molecule is Cc1cc(N(C)C)c2cc(F)c(F)c(F)c2n1. The predicted octanol–water partition coefficient (Wildman–Crippen LogP) is 3.03. The van der Waals surface area contributed by atoms with Crippen LogP contribution in [0.15, 0.2) is 12.1 Å². The highest BCUT2D eigenvalue weighted by atomic mass is 19.2. The topological polar surface area (TPSA) is 16.1 Å². The van der Waals surface area contributed by atoms with Gasteiger partial charge in [-0.3, -0.25) is 0 Å². The van der Waals surface area contributed by atoms with E-state index in [0.29, 0.717) is 11.4 Å². The standard InChI is InChI=1S/C12H11F3N2/c1-6-4-9(17(2)3)7-5-8(13)10(14)11(15)12(7)16-6/h4-5H,1-3H3. The summed E-state index contributed by atoms with van der Waals surface area (Å²) in [6.07, 6.45) is 0. The molecule has 0 saturated carbocycles. The molecule has 1 aromatic heterocycles. The molecule has 0 fully saturated rings. The van der Waals surface area contributed by atoms with Gasteiger partial charge in [-0.2, -0.15) is 0 Å². The van der Waals surface area contributed by atoms with Gasteiger partial charge in [0.1, 0.15) is 5.52 Å². The van der Waals surface area contributed by atoms with Gasteiger partial charge in [0.2, 0.25) is 0 Å². The zero-order valence-electron chi connectivity index (χ0n) is 9.68. The molecule has 2 nitrogen and oxygen atoms in total. The van der Waals surface area contributed by atoms with Gasteiger partial charge in [0.15, 0.2) is 17.5 Å². The molecule has 0 aliphatic rings. The number of pyridine rings is 1. The molecule has 17 heavy (non-hydrogen) atoms. The van der Waals surface area contributed by atoms with E-state index in [0.717, 1.165) is 6.07 Å². The quantitative estimate of drug-likeness (QED) is 0.712. The second-order valence-electron chi connectivity index (χ2n) is 4.06. The van der Waals surface area contributed by atoms with Crippen molar-refractivity contribution in [3.8, 4) is 0 Å². The van der Waals surface area contributed by atoms with Crippen molar-refractivity contribution in [1.29, 1.82) is 0 Å². The average molecular weight is 240 g/mol. The molecule has 0 bridgehead atoms. The van der Waals surface area contributed by atoms with Crippen LogP contribution < -0.4 is 4.90 Å². The summed E-state index contributed by atoms with van der Waals surface area (Å²) >= 11 is 0. The van der Waals surface area contributed by atoms with Crippen molar-refractivity contribution in [2.75, 3.05) is 19.0 Å². The van der Waals surface area contributed by atoms with E-state index in [-0.39, 0.29) is 10.9 Å². The molecule has 0 saturated heterocycles. The smallest absolute Gasteiger partial charge is 0.196 e. The number of fused-ring (bicyclic) bond motifs is 1. The highest BCUT2D eigenvalue weighted by Crippen LogP contribution is 2.29. The van der Waals surface area contributed by atoms with Gasteiger partial charge in [-0.25, -0.2) is 18.2 Å². The van der Waals surface area contributed by atoms with E-state index in [2.05, 4.69) is 4.98 Å². The summed E-state index contributed by atoms with van der Waals surface area (Å²) in [5.74, 6) is -3.93. The molecule has 2 rings (SSSR count). The lowest BCUT2D eigenvalue weighted by Crippen LogP contribution is -2.11. The summed E-state index contributed by atoms with van der Waals surface area (Å²) in [7, 11) is 3.49. The number of halogens is 3. The first-order valence-electron chi connectivity index (χ1n) is 5.04. The van der Waals surface area contributed by atoms with Crippen LogP contribution in [-0.2, 0) is 0 Å². The molecular weight excluding hydrogens is 229 g/mol. The third-order valence-electron chi connectivity index (χ3n) is 2.53. The summed E-state index contributed by atoms with van der Waals surface area (Å²) < 4.78 is 39.9. The Hall–Kier alpha value is -1.78. The number of benzene rings is 1. The number of nitrogens with zero attached hydrogens (tertiary/aromatic N) is 2. The van der Waals surface area contributed by atoms with Crippen molar-refractivity contribution in [2.45, 2.75) is 6.92 Å². The van der Waals surface area contributed by atoms with Crippen LogP contribution in [0.3, 0.4) is 0 Å². The first-order chi connectivity index (χ1) is 7.91. The van der Waals surface area contributed by atoms with Crippen LogP contribution in [0.4, 0.5) is 18.9 Å². The van der Waals surface area contributed by atoms with Gasteiger partial charge >= 0.3 is 0 Å². The van der Waals surface area contributed by atoms with Gasteiger partial charge in [0, 0.05) is 30.9 Å². The molecule has 0 atom stereocenters. The molecule has 0 aliphatic heterocycles. The van der Waals surface area contributed by atoms with Gasteiger partial charge in [0.25, 0.3) is 0 Å². The van der Waals surface area contributed by atoms with Gasteiger partial charge < -0.3 is 4.90 Å². The summed E-state index contributed by atoms with van der Waals surface area (Å²) in [6, 6.07) is 2.66. The van der Waals surface area contributed by atoms with Crippen molar-refractivity contribution in [3.63, 3.8) is 0 Å². The van der Waals surface area contributed by atoms with E-state index in [9.17, 15) is 13.2 Å². The predicted molar refractivity (Wildman–Crippen MR) is 60.7 cm³/mol. The van der Waals surface area contributed by atoms with Crippen LogP contribution in [0.1, 0.15) is 5.69 Å². The van der Waals surface area contributed by atoms with E-state index in [1.54, 1.807) is 32.0 Å². The van der Waals surface area contributed by atoms with Gasteiger partial charge in [-0.15, -0.1) is 0 Å². The minimum Gasteiger partial charge on any atom is -0.377 e. The van der Waals surface area contributed by atoms with Crippen LogP contribution >= 0.6 is 0 Å². The van der Waals surface area contributed by atoms with Crippen LogP contribution in [0.5, 0.6) is 0 Å². The van der Waals surface area contributed by atoms with Crippen LogP contribution in [0.2, 0.25) is 0 Å². The molecule has 0 unspecified atom stereocenters. The van der Waals surface area contributed by atoms with E-state index in [1.165, 1.54) is 0 Å². The lowest BCUT2D eigenvalue weighted by Gasteiger charge is -2.16. The molecular formula is C12H11F3N2. The lowest BCUT2D eigenvalue weighted by atomic mass is 10.1. The molecule has 0 aliphatic carbocycles. The van der Waals surface area contributed by atoms with Crippen LogP contribution in [-0.4, -0.2) is 19.1 Å². The van der Waals surface area contributed by atoms with Crippen molar-refractivity contribution >= 4 is 16.6 Å². The zero-order valence-corrected chi connectivity index (χ0v) is 9.68. The summed E-state index contributed by atoms with van der Waals surface area (Å²) in [5, 5.41) is 0.261. The van der Waals surface area contributed by atoms with Crippen molar-refractivity contribution in [3.05, 3.63) is 35.3 Å². The average Bonchev–Trinajstić information content (AvgIpc) is 2.26. The molecule has 0 spiro atoms. The second kappa shape index (κ2) is 3.91. The third kappa shape index (κ3) is 1.81. The van der Waals surface area contributed by atoms with Gasteiger partial charge in [-0.1, -0.05) is 0 Å². The Morgan fingerprint density at radius 2 is 1.71 bits per heavy atom. The maximum atomic E-state index is 13.6. The summed E-state index contributed by atoms with van der Waals surface area (Å²) in [4.78, 5) is 5.61. The lowest BCUT2D eigenvalue weighted by molar-refractivity contribution is 0.452. The minimum absolute atomic E-state index is 0.146. The normalized spacial score (nSPS) is 10.9. The molecule has 1 heterocycles. The fraction of sp³-hybridized carbons (Fsp3) is 0.250. The monoisotopic (exact) mass is 240 g/mol. The van der Waals surface area contributed by atoms with Crippen molar-refractivity contribution < 1.29 is 13.2 Å². The minimum atomic E-state index is -1.49. The van der Waals surface area contributed by atoms with E-state index >= 15 is 0 Å². The van der Waals surface area contributed by atoms with E-state index < -0.39 is 17.5 Å². The molecule has 5 heteroatoms. The Labute approximate surface area is 96.7 Å². The second-order valence-corrected chi connectivity index (χ2v) is 4.06. The van der Waals surface area contributed by atoms with Crippen molar-refractivity contribution in [2.24, 2.45) is 0 Å². The maximum Gasteiger partial charge on any atom is 0.196 e. The molecule has 0 radical (unpaired) electrons. The Bertz CT molecular complexity index is 594. The van der Waals surface area contributed by atoms with Gasteiger partial charge in [-0.05, 0) is 19.1 Å². The number of rotatable bonds is 1. The fourth-order valence-electron chi connectivity index (χ4n) is 1.74. The van der Waals surface area contributed by atoms with Crippen LogP contribution in [0.25, 0.3) is 10.9 Å². The largest absolute Gasteiger partial charge is 0.377 e. The summed E-state index contributed by atoms with van der Waals surface area (Å²) in [5.41, 5.74) is 1.00. The Morgan fingerprint density at radius 3 is 2.29 bits per heavy atom. The Morgan fingerprint density at radius 1 is 1.06 bits per heavy atom. The fourth-order valence-corrected chi connectivity index (χ4v) is 1.74. The number of aryl methyl sites for hydroxylation is 1. The number of anilines is 1. The Balaban J connectivity index is 2.94. The number of aromatic nitrogens is 1. The molecule has 0 amide bonds. The van der Waals surface area contributed by atoms with Crippen LogP contribution in [0, 0.1) is 24.4 Å². The molecule has 0 N–H and O–H groups in total. The Kier molecular flexibility index (Phi) is 2.69. The van der Waals surface area contributed by atoms with Crippen molar-refractivity contribution in [1.82, 2.24) is 4.98 Å². The number of hydrogen-bond acceptors (Lipinski definition) is 2. The molecule has 90 valence electrons.